The zero-order chi connectivity index (χ0) is 19.6. The summed E-state index contributed by atoms with van der Waals surface area (Å²) < 4.78 is 27.2. The van der Waals surface area contributed by atoms with Crippen molar-refractivity contribution < 1.29 is 18.6 Å². The van der Waals surface area contributed by atoms with Crippen LogP contribution in [0.1, 0.15) is 55.8 Å². The maximum atomic E-state index is 13.0. The third-order valence-electron chi connectivity index (χ3n) is 4.07. The molecule has 0 aromatic heterocycles. The minimum Gasteiger partial charge on any atom is -0.462 e. The lowest BCUT2D eigenvalue weighted by molar-refractivity contribution is 0.0495. The fraction of sp³-hybridized carbons (Fsp3) is 0.632. The van der Waals surface area contributed by atoms with Crippen molar-refractivity contribution >= 4 is 13.6 Å². The standard InChI is InChI=1S/C19H33N2O4P/c1-6-7-8-9-10-13-16-24-19(22)17-14-11-12-15-18(17)25-26(23,20(2)3)21(4)5/h11-12,14-15H,6-10,13,16H2,1-5H3. The quantitative estimate of drug-likeness (QED) is 0.293. The van der Waals surface area contributed by atoms with Crippen LogP contribution in [0.2, 0.25) is 0 Å². The van der Waals surface area contributed by atoms with Crippen LogP contribution in [0.5, 0.6) is 5.75 Å². The third kappa shape index (κ3) is 6.75. The molecule has 0 bridgehead atoms. The van der Waals surface area contributed by atoms with Gasteiger partial charge in [-0.05, 0) is 46.7 Å². The first-order chi connectivity index (χ1) is 12.3. The fourth-order valence-corrected chi connectivity index (χ4v) is 3.95. The van der Waals surface area contributed by atoms with E-state index in [1.807, 2.05) is 0 Å². The van der Waals surface area contributed by atoms with E-state index in [9.17, 15) is 9.36 Å². The van der Waals surface area contributed by atoms with E-state index in [4.69, 9.17) is 9.26 Å². The number of ether oxygens (including phenoxy) is 1. The van der Waals surface area contributed by atoms with Gasteiger partial charge in [-0.25, -0.2) is 18.7 Å². The average Bonchev–Trinajstić information content (AvgIpc) is 2.60. The first-order valence-electron chi connectivity index (χ1n) is 9.24. The fourth-order valence-electron chi connectivity index (χ4n) is 2.49. The molecule has 148 valence electrons. The molecular weight excluding hydrogens is 351 g/mol. The summed E-state index contributed by atoms with van der Waals surface area (Å²) >= 11 is 0. The second kappa shape index (κ2) is 11.4. The Hall–Kier alpha value is -1.36. The molecule has 0 heterocycles. The number of para-hydroxylation sites is 1. The maximum Gasteiger partial charge on any atom is 0.394 e. The van der Waals surface area contributed by atoms with Crippen molar-refractivity contribution in [2.24, 2.45) is 0 Å². The Kier molecular flexibility index (Phi) is 9.92. The SMILES string of the molecule is CCCCCCCCOC(=O)c1ccccc1OP(=O)(N(C)C)N(C)C. The smallest absolute Gasteiger partial charge is 0.394 e. The normalized spacial score (nSPS) is 11.8. The molecule has 0 unspecified atom stereocenters. The van der Waals surface area contributed by atoms with E-state index in [0.29, 0.717) is 12.2 Å². The van der Waals surface area contributed by atoms with Gasteiger partial charge in [0.25, 0.3) is 0 Å². The van der Waals surface area contributed by atoms with Crippen LogP contribution in [0.4, 0.5) is 0 Å². The number of esters is 1. The van der Waals surface area contributed by atoms with Crippen LogP contribution < -0.4 is 4.52 Å². The van der Waals surface area contributed by atoms with Crippen LogP contribution in [0.15, 0.2) is 24.3 Å². The van der Waals surface area contributed by atoms with Gasteiger partial charge in [0.2, 0.25) is 0 Å². The number of carbonyl (C=O) groups excluding carboxylic acids is 1. The molecule has 0 saturated heterocycles. The number of nitrogens with zero attached hydrogens (tertiary/aromatic N) is 2. The molecule has 26 heavy (non-hydrogen) atoms. The van der Waals surface area contributed by atoms with Crippen LogP contribution >= 0.6 is 7.67 Å². The van der Waals surface area contributed by atoms with Gasteiger partial charge >= 0.3 is 13.6 Å². The molecule has 0 atom stereocenters. The molecule has 1 aromatic rings. The van der Waals surface area contributed by atoms with E-state index >= 15 is 0 Å². The molecule has 0 fully saturated rings. The van der Waals surface area contributed by atoms with Crippen LogP contribution in [0.3, 0.4) is 0 Å². The molecule has 0 aliphatic carbocycles. The number of unbranched alkanes of at least 4 members (excludes halogenated alkanes) is 5. The summed E-state index contributed by atoms with van der Waals surface area (Å²) in [6.45, 7) is 2.57. The maximum absolute atomic E-state index is 13.0. The molecule has 1 rings (SSSR count). The highest BCUT2D eigenvalue weighted by atomic mass is 31.2. The molecule has 0 radical (unpaired) electrons. The van der Waals surface area contributed by atoms with E-state index in [1.165, 1.54) is 35.0 Å². The number of hydrogen-bond acceptors (Lipinski definition) is 4. The molecule has 0 spiro atoms. The van der Waals surface area contributed by atoms with Crippen molar-refractivity contribution in [3.8, 4) is 5.75 Å². The molecule has 1 aromatic carbocycles. The Bertz CT molecular complexity index is 593. The van der Waals surface area contributed by atoms with Crippen molar-refractivity contribution in [3.63, 3.8) is 0 Å². The molecule has 0 N–H and O–H groups in total. The largest absolute Gasteiger partial charge is 0.462 e. The zero-order valence-electron chi connectivity index (χ0n) is 16.7. The van der Waals surface area contributed by atoms with E-state index in [1.54, 1.807) is 52.5 Å². The summed E-state index contributed by atoms with van der Waals surface area (Å²) in [4.78, 5) is 12.4. The Labute approximate surface area is 158 Å². The summed E-state index contributed by atoms with van der Waals surface area (Å²) in [5, 5.41) is 0. The number of carbonyl (C=O) groups is 1. The summed E-state index contributed by atoms with van der Waals surface area (Å²) in [7, 11) is 3.48. The van der Waals surface area contributed by atoms with E-state index in [-0.39, 0.29) is 5.75 Å². The molecule has 0 aliphatic rings. The van der Waals surface area contributed by atoms with Gasteiger partial charge in [0, 0.05) is 0 Å². The highest BCUT2D eigenvalue weighted by Gasteiger charge is 2.32. The van der Waals surface area contributed by atoms with Crippen molar-refractivity contribution in [3.05, 3.63) is 29.8 Å². The molecular formula is C19H33N2O4P. The molecule has 0 saturated carbocycles. The van der Waals surface area contributed by atoms with E-state index in [0.717, 1.165) is 12.8 Å². The summed E-state index contributed by atoms with van der Waals surface area (Å²) in [5.41, 5.74) is 0.294. The van der Waals surface area contributed by atoms with Gasteiger partial charge in [0.05, 0.1) is 6.61 Å². The lowest BCUT2D eigenvalue weighted by Crippen LogP contribution is -2.25. The first-order valence-corrected chi connectivity index (χ1v) is 10.8. The second-order valence-corrected chi connectivity index (χ2v) is 9.44. The van der Waals surface area contributed by atoms with Crippen molar-refractivity contribution in [2.75, 3.05) is 34.8 Å². The summed E-state index contributed by atoms with van der Waals surface area (Å²) in [5.74, 6) is -0.176. The topological polar surface area (TPSA) is 59.1 Å². The summed E-state index contributed by atoms with van der Waals surface area (Å²) in [6, 6.07) is 6.76. The van der Waals surface area contributed by atoms with Crippen LogP contribution in [0, 0.1) is 0 Å². The van der Waals surface area contributed by atoms with Gasteiger partial charge < -0.3 is 9.26 Å². The first kappa shape index (κ1) is 22.7. The molecule has 7 heteroatoms. The number of hydrogen-bond donors (Lipinski definition) is 0. The van der Waals surface area contributed by atoms with Gasteiger partial charge in [0.1, 0.15) is 11.3 Å². The Morgan fingerprint density at radius 2 is 1.54 bits per heavy atom. The van der Waals surface area contributed by atoms with Gasteiger partial charge in [0.15, 0.2) is 0 Å². The highest BCUT2D eigenvalue weighted by Crippen LogP contribution is 2.51. The van der Waals surface area contributed by atoms with Crippen molar-refractivity contribution in [1.82, 2.24) is 9.34 Å². The van der Waals surface area contributed by atoms with Crippen molar-refractivity contribution in [2.45, 2.75) is 45.4 Å². The van der Waals surface area contributed by atoms with Crippen LogP contribution in [-0.2, 0) is 9.30 Å². The average molecular weight is 384 g/mol. The lowest BCUT2D eigenvalue weighted by Gasteiger charge is -2.30. The van der Waals surface area contributed by atoms with Crippen LogP contribution in [0.25, 0.3) is 0 Å². The lowest BCUT2D eigenvalue weighted by atomic mass is 10.1. The monoisotopic (exact) mass is 384 g/mol. The van der Waals surface area contributed by atoms with Gasteiger partial charge in [-0.2, -0.15) is 0 Å². The molecule has 0 amide bonds. The molecule has 0 aliphatic heterocycles. The Morgan fingerprint density at radius 1 is 0.962 bits per heavy atom. The minimum absolute atomic E-state index is 0.270. The number of benzene rings is 1. The Balaban J connectivity index is 2.68. The van der Waals surface area contributed by atoms with E-state index < -0.39 is 13.6 Å². The van der Waals surface area contributed by atoms with Gasteiger partial charge in [-0.1, -0.05) is 51.2 Å². The van der Waals surface area contributed by atoms with Gasteiger partial charge in [-0.3, -0.25) is 0 Å². The highest BCUT2D eigenvalue weighted by molar-refractivity contribution is 7.54. The number of rotatable bonds is 12. The minimum atomic E-state index is -3.24. The predicted octanol–water partition coefficient (Wildman–Crippen LogP) is 4.81. The van der Waals surface area contributed by atoms with Crippen molar-refractivity contribution in [1.29, 1.82) is 0 Å². The summed E-state index contributed by atoms with van der Waals surface area (Å²) in [6.07, 6.45) is 6.78. The Morgan fingerprint density at radius 3 is 2.15 bits per heavy atom. The van der Waals surface area contributed by atoms with Crippen LogP contribution in [-0.4, -0.2) is 50.1 Å². The zero-order valence-corrected chi connectivity index (χ0v) is 17.6. The predicted molar refractivity (Wildman–Crippen MR) is 106 cm³/mol. The second-order valence-electron chi connectivity index (χ2n) is 6.68. The van der Waals surface area contributed by atoms with Gasteiger partial charge in [-0.15, -0.1) is 0 Å². The molecule has 6 nitrogen and oxygen atoms in total. The van der Waals surface area contributed by atoms with E-state index in [2.05, 4.69) is 6.92 Å². The third-order valence-corrected chi connectivity index (χ3v) is 6.52.